The average molecular weight is 595 g/mol. The molecule has 0 spiro atoms. The molecule has 0 aromatic heterocycles. The Hall–Kier alpha value is -3.37. The second-order valence-corrected chi connectivity index (χ2v) is 9.60. The van der Waals surface area contributed by atoms with Crippen LogP contribution < -0.4 is 5.32 Å². The molecule has 0 bridgehead atoms. The van der Waals surface area contributed by atoms with Crippen LogP contribution in [-0.4, -0.2) is 42.8 Å². The topological polar surface area (TPSA) is 71.0 Å². The van der Waals surface area contributed by atoms with E-state index < -0.39 is 34.1 Å². The van der Waals surface area contributed by atoms with E-state index in [1.165, 1.54) is 18.2 Å². The van der Waals surface area contributed by atoms with Crippen LogP contribution in [0.5, 0.6) is 0 Å². The molecule has 1 aliphatic heterocycles. The van der Waals surface area contributed by atoms with Crippen LogP contribution in [0.25, 0.3) is 0 Å². The Balaban J connectivity index is 1.75. The number of anilines is 1. The minimum Gasteiger partial charge on any atom is -0.468 e. The fourth-order valence-corrected chi connectivity index (χ4v) is 4.75. The van der Waals surface area contributed by atoms with E-state index in [0.29, 0.717) is 11.3 Å². The summed E-state index contributed by atoms with van der Waals surface area (Å²) in [5.41, 5.74) is -1.14. The van der Waals surface area contributed by atoms with Crippen LogP contribution in [0, 0.1) is 0 Å². The molecule has 4 rings (SSSR count). The van der Waals surface area contributed by atoms with E-state index in [1.54, 1.807) is 54.6 Å². The summed E-state index contributed by atoms with van der Waals surface area (Å²) in [6.45, 7) is -0.301. The molecule has 192 valence electrons. The predicted octanol–water partition coefficient (Wildman–Crippen LogP) is 5.89. The van der Waals surface area contributed by atoms with Crippen LogP contribution in [0.15, 0.2) is 82.4 Å². The SMILES string of the molecule is COC(=O)C1(c2ccccc2)CN(CC(=O)Nc2ccc(Br)cc2)N=C1c1ccc(C(F)(F)F)c(Cl)c1. The van der Waals surface area contributed by atoms with Gasteiger partial charge in [-0.1, -0.05) is 63.9 Å². The van der Waals surface area contributed by atoms with Crippen molar-refractivity contribution in [3.05, 3.63) is 99.0 Å². The molecule has 0 saturated carbocycles. The van der Waals surface area contributed by atoms with Gasteiger partial charge in [0.15, 0.2) is 5.41 Å². The number of carbonyl (C=O) groups is 2. The van der Waals surface area contributed by atoms with Gasteiger partial charge in [-0.2, -0.15) is 18.3 Å². The summed E-state index contributed by atoms with van der Waals surface area (Å²) < 4.78 is 46.0. The number of nitrogens with one attached hydrogen (secondary N) is 1. The summed E-state index contributed by atoms with van der Waals surface area (Å²) >= 11 is 9.33. The van der Waals surface area contributed by atoms with Gasteiger partial charge in [0.05, 0.1) is 30.0 Å². The van der Waals surface area contributed by atoms with Gasteiger partial charge in [0.2, 0.25) is 5.91 Å². The van der Waals surface area contributed by atoms with Crippen LogP contribution in [0.3, 0.4) is 0 Å². The van der Waals surface area contributed by atoms with Gasteiger partial charge in [-0.25, -0.2) is 0 Å². The lowest BCUT2D eigenvalue weighted by molar-refractivity contribution is -0.145. The van der Waals surface area contributed by atoms with Crippen LogP contribution in [-0.2, 0) is 25.9 Å². The van der Waals surface area contributed by atoms with E-state index in [0.717, 1.165) is 16.6 Å². The fourth-order valence-electron chi connectivity index (χ4n) is 4.20. The van der Waals surface area contributed by atoms with Gasteiger partial charge < -0.3 is 10.1 Å². The Kier molecular flexibility index (Phi) is 7.61. The maximum atomic E-state index is 13.3. The molecule has 0 radical (unpaired) electrons. The van der Waals surface area contributed by atoms with E-state index in [9.17, 15) is 22.8 Å². The van der Waals surface area contributed by atoms with Crippen molar-refractivity contribution in [3.8, 4) is 0 Å². The normalized spacial score (nSPS) is 17.4. The first-order valence-corrected chi connectivity index (χ1v) is 12.1. The Morgan fingerprint density at radius 1 is 1.11 bits per heavy atom. The summed E-state index contributed by atoms with van der Waals surface area (Å²) in [6, 6.07) is 18.7. The molecule has 1 unspecified atom stereocenters. The maximum absolute atomic E-state index is 13.3. The first-order chi connectivity index (χ1) is 17.5. The number of hydrazone groups is 1. The first kappa shape index (κ1) is 26.7. The summed E-state index contributed by atoms with van der Waals surface area (Å²) in [6.07, 6.45) is -4.65. The highest BCUT2D eigenvalue weighted by molar-refractivity contribution is 9.10. The van der Waals surface area contributed by atoms with Crippen LogP contribution in [0.1, 0.15) is 16.7 Å². The number of benzene rings is 3. The van der Waals surface area contributed by atoms with Gasteiger partial charge in [0.25, 0.3) is 0 Å². The summed E-state index contributed by atoms with van der Waals surface area (Å²) in [7, 11) is 1.22. The van der Waals surface area contributed by atoms with E-state index in [4.69, 9.17) is 16.3 Å². The van der Waals surface area contributed by atoms with Crippen molar-refractivity contribution in [1.29, 1.82) is 0 Å². The molecule has 1 heterocycles. The van der Waals surface area contributed by atoms with Crippen LogP contribution in [0.2, 0.25) is 5.02 Å². The zero-order valence-electron chi connectivity index (χ0n) is 19.4. The first-order valence-electron chi connectivity index (χ1n) is 10.9. The second kappa shape index (κ2) is 10.5. The molecule has 37 heavy (non-hydrogen) atoms. The molecular weight excluding hydrogens is 575 g/mol. The highest BCUT2D eigenvalue weighted by Crippen LogP contribution is 2.40. The van der Waals surface area contributed by atoms with Gasteiger partial charge in [-0.15, -0.1) is 0 Å². The molecule has 0 aliphatic carbocycles. The van der Waals surface area contributed by atoms with E-state index in [1.807, 2.05) is 0 Å². The molecule has 3 aromatic carbocycles. The number of rotatable bonds is 6. The molecule has 1 N–H and O–H groups in total. The maximum Gasteiger partial charge on any atom is 0.417 e. The zero-order valence-corrected chi connectivity index (χ0v) is 21.7. The third kappa shape index (κ3) is 5.50. The minimum absolute atomic E-state index is 0.0780. The molecule has 6 nitrogen and oxygen atoms in total. The lowest BCUT2D eigenvalue weighted by Crippen LogP contribution is -2.47. The minimum atomic E-state index is -4.65. The number of carbonyl (C=O) groups excluding carboxylic acids is 2. The van der Waals surface area contributed by atoms with Gasteiger partial charge in [-0.3, -0.25) is 14.6 Å². The van der Waals surface area contributed by atoms with Gasteiger partial charge >= 0.3 is 12.1 Å². The van der Waals surface area contributed by atoms with E-state index in [-0.39, 0.29) is 24.4 Å². The summed E-state index contributed by atoms with van der Waals surface area (Å²) in [5.74, 6) is -1.08. The fraction of sp³-hybridized carbons (Fsp3) is 0.192. The number of hydrogen-bond donors (Lipinski definition) is 1. The lowest BCUT2D eigenvalue weighted by atomic mass is 9.74. The Morgan fingerprint density at radius 3 is 2.38 bits per heavy atom. The standard InChI is InChI=1S/C26H20BrClF3N3O3/c1-37-24(36)25(17-5-3-2-4-6-17)15-34(14-22(35)32-19-10-8-18(27)9-11-19)33-23(25)16-7-12-20(21(28)13-16)26(29,30)31/h2-13H,14-15H2,1H3,(H,32,35). The largest absolute Gasteiger partial charge is 0.468 e. The number of ether oxygens (including phenoxy) is 1. The van der Waals surface area contributed by atoms with Crippen molar-refractivity contribution in [3.63, 3.8) is 0 Å². The van der Waals surface area contributed by atoms with E-state index >= 15 is 0 Å². The highest BCUT2D eigenvalue weighted by atomic mass is 79.9. The van der Waals surface area contributed by atoms with Gasteiger partial charge in [0, 0.05) is 15.7 Å². The third-order valence-electron chi connectivity index (χ3n) is 5.87. The zero-order chi connectivity index (χ0) is 26.8. The molecule has 1 amide bonds. The monoisotopic (exact) mass is 593 g/mol. The summed E-state index contributed by atoms with van der Waals surface area (Å²) in [5, 5.41) is 8.14. The Labute approximate surface area is 224 Å². The van der Waals surface area contributed by atoms with Crippen molar-refractivity contribution in [2.24, 2.45) is 5.10 Å². The number of methoxy groups -OCH3 is 1. The molecule has 1 aliphatic rings. The van der Waals surface area contributed by atoms with Crippen LogP contribution >= 0.6 is 27.5 Å². The Bertz CT molecular complexity index is 1350. The molecule has 1 atom stereocenters. The predicted molar refractivity (Wildman–Crippen MR) is 137 cm³/mol. The number of halogens is 5. The third-order valence-corrected chi connectivity index (χ3v) is 6.71. The number of nitrogens with zero attached hydrogens (tertiary/aromatic N) is 2. The number of amides is 1. The quantitative estimate of drug-likeness (QED) is 0.362. The number of hydrogen-bond acceptors (Lipinski definition) is 5. The smallest absolute Gasteiger partial charge is 0.417 e. The van der Waals surface area contributed by atoms with Crippen LogP contribution in [0.4, 0.5) is 18.9 Å². The molecule has 0 saturated heterocycles. The molecule has 0 fully saturated rings. The molecule has 3 aromatic rings. The number of esters is 1. The van der Waals surface area contributed by atoms with E-state index in [2.05, 4.69) is 26.3 Å². The van der Waals surface area contributed by atoms with Gasteiger partial charge in [0.1, 0.15) is 6.54 Å². The number of alkyl halides is 3. The molecule has 11 heteroatoms. The van der Waals surface area contributed by atoms with Crippen molar-refractivity contribution in [2.45, 2.75) is 11.6 Å². The van der Waals surface area contributed by atoms with Crippen molar-refractivity contribution in [2.75, 3.05) is 25.5 Å². The van der Waals surface area contributed by atoms with Crippen molar-refractivity contribution >= 4 is 50.8 Å². The van der Waals surface area contributed by atoms with Crippen molar-refractivity contribution in [1.82, 2.24) is 5.01 Å². The average Bonchev–Trinajstić information content (AvgIpc) is 3.24. The van der Waals surface area contributed by atoms with Crippen molar-refractivity contribution < 1.29 is 27.5 Å². The molecular formula is C26H20BrClF3N3O3. The lowest BCUT2D eigenvalue weighted by Gasteiger charge is -2.29. The van der Waals surface area contributed by atoms with Gasteiger partial charge in [-0.05, 0) is 42.0 Å². The summed E-state index contributed by atoms with van der Waals surface area (Å²) in [4.78, 5) is 26.1. The Morgan fingerprint density at radius 2 is 1.78 bits per heavy atom. The second-order valence-electron chi connectivity index (χ2n) is 8.28. The highest BCUT2D eigenvalue weighted by Gasteiger charge is 2.52.